The van der Waals surface area contributed by atoms with Crippen molar-refractivity contribution in [3.05, 3.63) is 45.4 Å². The van der Waals surface area contributed by atoms with Crippen LogP contribution in [0.1, 0.15) is 40.9 Å². The van der Waals surface area contributed by atoms with Crippen LogP contribution in [0.3, 0.4) is 0 Å². The highest BCUT2D eigenvalue weighted by Crippen LogP contribution is 2.25. The minimum Gasteiger partial charge on any atom is -0.491 e. The number of aliphatic imine (C=N–C) groups is 1. The minimum absolute atomic E-state index is 0. The maximum Gasteiger partial charge on any atom is 0.191 e. The first-order chi connectivity index (χ1) is 12.5. The Balaban J connectivity index is 0.00000364. The third-order valence-electron chi connectivity index (χ3n) is 4.12. The number of rotatable bonds is 8. The molecule has 0 saturated carbocycles. The molecule has 0 aliphatic carbocycles. The second kappa shape index (κ2) is 12.2. The van der Waals surface area contributed by atoms with E-state index >= 15 is 0 Å². The molecule has 0 aliphatic rings. The number of hydrogen-bond acceptors (Lipinski definition) is 4. The van der Waals surface area contributed by atoms with Crippen LogP contribution in [-0.4, -0.2) is 37.7 Å². The molecular formula is C20H31IN4OS. The molecule has 0 unspecified atom stereocenters. The summed E-state index contributed by atoms with van der Waals surface area (Å²) in [5.74, 6) is 2.20. The summed E-state index contributed by atoms with van der Waals surface area (Å²) in [6.45, 7) is 10.6. The smallest absolute Gasteiger partial charge is 0.191 e. The molecule has 2 N–H and O–H groups in total. The largest absolute Gasteiger partial charge is 0.491 e. The van der Waals surface area contributed by atoms with Gasteiger partial charge in [-0.1, -0.05) is 32.0 Å². The Morgan fingerprint density at radius 2 is 1.89 bits per heavy atom. The highest BCUT2D eigenvalue weighted by molar-refractivity contribution is 14.0. The summed E-state index contributed by atoms with van der Waals surface area (Å²) in [5.41, 5.74) is 2.37. The number of nitrogens with zero attached hydrogens (tertiary/aromatic N) is 2. The van der Waals surface area contributed by atoms with Gasteiger partial charge in [-0.25, -0.2) is 4.98 Å². The number of benzene rings is 1. The zero-order valence-electron chi connectivity index (χ0n) is 16.8. The fraction of sp³-hybridized carbons (Fsp3) is 0.500. The molecule has 1 aromatic heterocycles. The molecule has 7 heteroatoms. The highest BCUT2D eigenvalue weighted by Gasteiger charge is 2.07. The van der Waals surface area contributed by atoms with E-state index in [9.17, 15) is 0 Å². The molecule has 27 heavy (non-hydrogen) atoms. The fourth-order valence-corrected chi connectivity index (χ4v) is 3.51. The Morgan fingerprint density at radius 3 is 2.52 bits per heavy atom. The average molecular weight is 502 g/mol. The van der Waals surface area contributed by atoms with E-state index in [1.165, 1.54) is 10.4 Å². The molecule has 0 aliphatic heterocycles. The van der Waals surface area contributed by atoms with Crippen molar-refractivity contribution in [1.82, 2.24) is 15.6 Å². The summed E-state index contributed by atoms with van der Waals surface area (Å²) in [6.07, 6.45) is 0.901. The van der Waals surface area contributed by atoms with Gasteiger partial charge in [-0.3, -0.25) is 4.99 Å². The number of para-hydroxylation sites is 1. The van der Waals surface area contributed by atoms with Crippen molar-refractivity contribution >= 4 is 41.3 Å². The number of aryl methyl sites for hydroxylation is 2. The molecule has 150 valence electrons. The van der Waals surface area contributed by atoms with Crippen molar-refractivity contribution in [2.45, 2.75) is 40.0 Å². The predicted octanol–water partition coefficient (Wildman–Crippen LogP) is 4.29. The van der Waals surface area contributed by atoms with Crippen LogP contribution in [0.4, 0.5) is 0 Å². The number of thiazole rings is 1. The minimum atomic E-state index is 0. The monoisotopic (exact) mass is 502 g/mol. The van der Waals surface area contributed by atoms with Crippen molar-refractivity contribution in [3.8, 4) is 5.75 Å². The van der Waals surface area contributed by atoms with E-state index in [0.717, 1.165) is 35.4 Å². The van der Waals surface area contributed by atoms with Crippen molar-refractivity contribution in [2.24, 2.45) is 4.99 Å². The number of hydrogen-bond donors (Lipinski definition) is 2. The van der Waals surface area contributed by atoms with Crippen LogP contribution in [0.15, 0.2) is 29.3 Å². The van der Waals surface area contributed by atoms with Gasteiger partial charge in [0, 0.05) is 24.9 Å². The second-order valence-corrected chi connectivity index (χ2v) is 7.75. The van der Waals surface area contributed by atoms with Crippen molar-refractivity contribution in [1.29, 1.82) is 0 Å². The highest BCUT2D eigenvalue weighted by atomic mass is 127. The van der Waals surface area contributed by atoms with Gasteiger partial charge in [0.1, 0.15) is 12.4 Å². The van der Waals surface area contributed by atoms with Gasteiger partial charge in [0.05, 0.1) is 17.2 Å². The maximum absolute atomic E-state index is 5.93. The molecule has 5 nitrogen and oxygen atoms in total. The first-order valence-corrected chi connectivity index (χ1v) is 9.92. The third kappa shape index (κ3) is 7.65. The molecule has 1 heterocycles. The van der Waals surface area contributed by atoms with Gasteiger partial charge in [-0.15, -0.1) is 35.3 Å². The van der Waals surface area contributed by atoms with Gasteiger partial charge >= 0.3 is 0 Å². The molecule has 1 aromatic carbocycles. The Kier molecular flexibility index (Phi) is 10.7. The SMILES string of the molecule is CN=C(NCCOc1ccccc1C(C)C)NCCc1nc(C)c(C)s1.I. The molecule has 0 bridgehead atoms. The summed E-state index contributed by atoms with van der Waals surface area (Å²) in [6, 6.07) is 8.21. The van der Waals surface area contributed by atoms with Gasteiger partial charge in [-0.2, -0.15) is 0 Å². The van der Waals surface area contributed by atoms with Gasteiger partial charge in [0.25, 0.3) is 0 Å². The third-order valence-corrected chi connectivity index (χ3v) is 5.25. The molecule has 0 amide bonds. The lowest BCUT2D eigenvalue weighted by Gasteiger charge is -2.15. The molecule has 0 saturated heterocycles. The van der Waals surface area contributed by atoms with Crippen LogP contribution >= 0.6 is 35.3 Å². The van der Waals surface area contributed by atoms with Crippen molar-refractivity contribution in [3.63, 3.8) is 0 Å². The molecule has 0 spiro atoms. The number of nitrogens with one attached hydrogen (secondary N) is 2. The lowest BCUT2D eigenvalue weighted by Crippen LogP contribution is -2.40. The normalized spacial score (nSPS) is 11.3. The van der Waals surface area contributed by atoms with Gasteiger partial charge in [0.15, 0.2) is 5.96 Å². The average Bonchev–Trinajstić information content (AvgIpc) is 2.95. The Labute approximate surface area is 184 Å². The maximum atomic E-state index is 5.93. The van der Waals surface area contributed by atoms with Crippen molar-refractivity contribution < 1.29 is 4.74 Å². The number of aromatic nitrogens is 1. The van der Waals surface area contributed by atoms with E-state index in [-0.39, 0.29) is 24.0 Å². The quantitative estimate of drug-likeness (QED) is 0.245. The summed E-state index contributed by atoms with van der Waals surface area (Å²) in [4.78, 5) is 10.1. The van der Waals surface area contributed by atoms with E-state index in [1.54, 1.807) is 18.4 Å². The standard InChI is InChI=1S/C20H30N4OS.HI/c1-14(2)17-8-6-7-9-18(17)25-13-12-23-20(21-5)22-11-10-19-24-15(3)16(4)26-19;/h6-9,14H,10-13H2,1-5H3,(H2,21,22,23);1H. The first kappa shape index (κ1) is 23.7. The summed E-state index contributed by atoms with van der Waals surface area (Å²) in [5, 5.41) is 7.78. The zero-order valence-corrected chi connectivity index (χ0v) is 20.0. The molecular weight excluding hydrogens is 471 g/mol. The van der Waals surface area contributed by atoms with Crippen LogP contribution in [-0.2, 0) is 6.42 Å². The van der Waals surface area contributed by atoms with Crippen LogP contribution in [0, 0.1) is 13.8 Å². The number of ether oxygens (including phenoxy) is 1. The Hall–Kier alpha value is -1.35. The number of guanidine groups is 1. The summed E-state index contributed by atoms with van der Waals surface area (Å²) >= 11 is 1.76. The molecule has 0 atom stereocenters. The van der Waals surface area contributed by atoms with E-state index in [0.29, 0.717) is 19.1 Å². The molecule has 0 fully saturated rings. The molecule has 2 aromatic rings. The van der Waals surface area contributed by atoms with Crippen LogP contribution < -0.4 is 15.4 Å². The van der Waals surface area contributed by atoms with E-state index in [2.05, 4.69) is 60.4 Å². The van der Waals surface area contributed by atoms with E-state index in [4.69, 9.17) is 4.74 Å². The van der Waals surface area contributed by atoms with Crippen LogP contribution in [0.25, 0.3) is 0 Å². The topological polar surface area (TPSA) is 58.5 Å². The van der Waals surface area contributed by atoms with E-state index in [1.807, 2.05) is 12.1 Å². The van der Waals surface area contributed by atoms with Gasteiger partial charge in [-0.05, 0) is 31.4 Å². The van der Waals surface area contributed by atoms with Crippen molar-refractivity contribution in [2.75, 3.05) is 26.7 Å². The lowest BCUT2D eigenvalue weighted by atomic mass is 10.0. The van der Waals surface area contributed by atoms with Gasteiger partial charge in [0.2, 0.25) is 0 Å². The zero-order chi connectivity index (χ0) is 18.9. The number of halogens is 1. The van der Waals surface area contributed by atoms with Gasteiger partial charge < -0.3 is 15.4 Å². The molecule has 0 radical (unpaired) electrons. The predicted molar refractivity (Wildman–Crippen MR) is 126 cm³/mol. The van der Waals surface area contributed by atoms with E-state index < -0.39 is 0 Å². The Morgan fingerprint density at radius 1 is 1.19 bits per heavy atom. The Bertz CT molecular complexity index is 711. The first-order valence-electron chi connectivity index (χ1n) is 9.10. The second-order valence-electron chi connectivity index (χ2n) is 6.47. The summed E-state index contributed by atoms with van der Waals surface area (Å²) in [7, 11) is 1.78. The molecule has 2 rings (SSSR count). The lowest BCUT2D eigenvalue weighted by molar-refractivity contribution is 0.317. The van der Waals surface area contributed by atoms with Crippen LogP contribution in [0.2, 0.25) is 0 Å². The van der Waals surface area contributed by atoms with Crippen LogP contribution in [0.5, 0.6) is 5.75 Å². The fourth-order valence-electron chi connectivity index (χ4n) is 2.57. The summed E-state index contributed by atoms with van der Waals surface area (Å²) < 4.78 is 5.93.